The molecule has 1 amide bonds. The van der Waals surface area contributed by atoms with Crippen LogP contribution in [0.4, 0.5) is 5.69 Å². The van der Waals surface area contributed by atoms with Gasteiger partial charge in [0.2, 0.25) is 0 Å². The number of nitrogens with one attached hydrogen (secondary N) is 3. The zero-order valence-corrected chi connectivity index (χ0v) is 19.9. The number of carboxylic acids is 1. The molecule has 4 N–H and O–H groups in total. The van der Waals surface area contributed by atoms with Gasteiger partial charge in [0, 0.05) is 30.6 Å². The Labute approximate surface area is 208 Å². The highest BCUT2D eigenvalue weighted by Gasteiger charge is 2.14. The van der Waals surface area contributed by atoms with Crippen LogP contribution in [0.5, 0.6) is 17.2 Å². The molecule has 184 valence electrons. The van der Waals surface area contributed by atoms with E-state index in [-0.39, 0.29) is 11.6 Å². The second kappa shape index (κ2) is 11.2. The summed E-state index contributed by atoms with van der Waals surface area (Å²) in [5.41, 5.74) is 3.50. The topological polar surface area (TPSA) is 126 Å². The summed E-state index contributed by atoms with van der Waals surface area (Å²) in [7, 11) is 1.85. The standard InChI is InChI=1S/C27H26N4O5/c1-17-6-7-25(35-11-10-28-2)22(12-17)31-26(32)23-14-19(16-30-23)18-4-3-5-20(13-18)36-21-8-9-29-24(15-21)27(33)34/h3-9,12-16,28,30H,10-11H2,1-2H3,(H,31,32)(H,33,34). The number of carbonyl (C=O) groups is 2. The predicted molar refractivity (Wildman–Crippen MR) is 136 cm³/mol. The molecule has 0 spiro atoms. The maximum absolute atomic E-state index is 13.0. The van der Waals surface area contributed by atoms with Gasteiger partial charge in [0.1, 0.15) is 29.5 Å². The first-order valence-corrected chi connectivity index (χ1v) is 11.3. The fourth-order valence-corrected chi connectivity index (χ4v) is 3.48. The lowest BCUT2D eigenvalue weighted by molar-refractivity contribution is 0.0690. The average Bonchev–Trinajstić information content (AvgIpc) is 3.37. The summed E-state index contributed by atoms with van der Waals surface area (Å²) in [5.74, 6) is 0.0540. The van der Waals surface area contributed by atoms with E-state index < -0.39 is 5.97 Å². The van der Waals surface area contributed by atoms with Crippen LogP contribution in [0.2, 0.25) is 0 Å². The zero-order chi connectivity index (χ0) is 25.5. The Bertz CT molecular complexity index is 1380. The molecule has 2 aromatic heterocycles. The number of benzene rings is 2. The highest BCUT2D eigenvalue weighted by molar-refractivity contribution is 6.04. The third-order valence-electron chi connectivity index (χ3n) is 5.27. The lowest BCUT2D eigenvalue weighted by Gasteiger charge is -2.13. The van der Waals surface area contributed by atoms with Crippen molar-refractivity contribution in [3.05, 3.63) is 90.0 Å². The van der Waals surface area contributed by atoms with Gasteiger partial charge in [-0.1, -0.05) is 18.2 Å². The maximum atomic E-state index is 13.0. The lowest BCUT2D eigenvalue weighted by atomic mass is 10.1. The molecule has 0 aliphatic rings. The van der Waals surface area contributed by atoms with Crippen LogP contribution in [-0.4, -0.2) is 47.2 Å². The van der Waals surface area contributed by atoms with Crippen LogP contribution in [0.3, 0.4) is 0 Å². The number of aromatic carboxylic acids is 1. The normalized spacial score (nSPS) is 10.6. The maximum Gasteiger partial charge on any atom is 0.354 e. The molecule has 0 aliphatic carbocycles. The van der Waals surface area contributed by atoms with Crippen LogP contribution in [-0.2, 0) is 0 Å². The zero-order valence-electron chi connectivity index (χ0n) is 19.9. The first kappa shape index (κ1) is 24.5. The van der Waals surface area contributed by atoms with Gasteiger partial charge < -0.3 is 30.2 Å². The van der Waals surface area contributed by atoms with Crippen LogP contribution in [0, 0.1) is 6.92 Å². The first-order chi connectivity index (χ1) is 17.4. The number of hydrogen-bond acceptors (Lipinski definition) is 6. The summed E-state index contributed by atoms with van der Waals surface area (Å²) in [4.78, 5) is 30.9. The third-order valence-corrected chi connectivity index (χ3v) is 5.27. The Morgan fingerprint density at radius 3 is 2.67 bits per heavy atom. The molecule has 0 radical (unpaired) electrons. The number of hydrogen-bond donors (Lipinski definition) is 4. The van der Waals surface area contributed by atoms with Crippen molar-refractivity contribution in [2.24, 2.45) is 0 Å². The number of likely N-dealkylation sites (N-methyl/N-ethyl adjacent to an activating group) is 1. The number of carboxylic acid groups (broad SMARTS) is 1. The van der Waals surface area contributed by atoms with E-state index in [1.54, 1.807) is 30.5 Å². The van der Waals surface area contributed by atoms with E-state index in [1.165, 1.54) is 12.3 Å². The number of aryl methyl sites for hydroxylation is 1. The largest absolute Gasteiger partial charge is 0.490 e. The van der Waals surface area contributed by atoms with Crippen molar-refractivity contribution in [2.75, 3.05) is 25.5 Å². The van der Waals surface area contributed by atoms with Gasteiger partial charge in [-0.15, -0.1) is 0 Å². The number of nitrogens with zero attached hydrogens (tertiary/aromatic N) is 1. The van der Waals surface area contributed by atoms with Gasteiger partial charge in [-0.05, 0) is 61.5 Å². The van der Waals surface area contributed by atoms with Gasteiger partial charge >= 0.3 is 5.97 Å². The summed E-state index contributed by atoms with van der Waals surface area (Å²) < 4.78 is 11.6. The third kappa shape index (κ3) is 6.08. The number of anilines is 1. The van der Waals surface area contributed by atoms with Crippen molar-refractivity contribution in [2.45, 2.75) is 6.92 Å². The molecule has 0 aliphatic heterocycles. The number of carbonyl (C=O) groups excluding carboxylic acids is 1. The number of aromatic nitrogens is 2. The molecule has 2 aromatic carbocycles. The Morgan fingerprint density at radius 2 is 1.86 bits per heavy atom. The van der Waals surface area contributed by atoms with Crippen LogP contribution in [0.1, 0.15) is 26.5 Å². The number of aromatic amines is 1. The van der Waals surface area contributed by atoms with E-state index in [1.807, 2.05) is 44.3 Å². The molecule has 0 fully saturated rings. The molecule has 0 bridgehead atoms. The minimum Gasteiger partial charge on any atom is -0.490 e. The molecule has 9 nitrogen and oxygen atoms in total. The Balaban J connectivity index is 1.49. The Hall–Kier alpha value is -4.63. The van der Waals surface area contributed by atoms with Gasteiger partial charge in [-0.25, -0.2) is 9.78 Å². The van der Waals surface area contributed by atoms with Crippen LogP contribution in [0.25, 0.3) is 11.1 Å². The van der Waals surface area contributed by atoms with Crippen molar-refractivity contribution in [3.8, 4) is 28.4 Å². The molecule has 0 saturated carbocycles. The van der Waals surface area contributed by atoms with E-state index in [2.05, 4.69) is 20.6 Å². The van der Waals surface area contributed by atoms with Crippen LogP contribution < -0.4 is 20.1 Å². The van der Waals surface area contributed by atoms with Crippen molar-refractivity contribution in [1.82, 2.24) is 15.3 Å². The number of ether oxygens (including phenoxy) is 2. The smallest absolute Gasteiger partial charge is 0.354 e. The van der Waals surface area contributed by atoms with Gasteiger partial charge in [-0.2, -0.15) is 0 Å². The number of pyridine rings is 1. The predicted octanol–water partition coefficient (Wildman–Crippen LogP) is 4.73. The number of amides is 1. The monoisotopic (exact) mass is 486 g/mol. The van der Waals surface area contributed by atoms with Crippen molar-refractivity contribution in [3.63, 3.8) is 0 Å². The second-order valence-corrected chi connectivity index (χ2v) is 8.02. The first-order valence-electron chi connectivity index (χ1n) is 11.3. The minimum absolute atomic E-state index is 0.103. The van der Waals surface area contributed by atoms with Crippen LogP contribution >= 0.6 is 0 Å². The summed E-state index contributed by atoms with van der Waals surface area (Å²) in [6, 6.07) is 17.6. The molecular weight excluding hydrogens is 460 g/mol. The molecule has 36 heavy (non-hydrogen) atoms. The minimum atomic E-state index is -1.13. The summed E-state index contributed by atoms with van der Waals surface area (Å²) in [5, 5.41) is 15.1. The number of rotatable bonds is 10. The second-order valence-electron chi connectivity index (χ2n) is 8.02. The SMILES string of the molecule is CNCCOc1ccc(C)cc1NC(=O)c1cc(-c2cccc(Oc3ccnc(C(=O)O)c3)c2)c[nH]1. The highest BCUT2D eigenvalue weighted by Crippen LogP contribution is 2.29. The Morgan fingerprint density at radius 1 is 1.03 bits per heavy atom. The molecule has 9 heteroatoms. The molecule has 4 rings (SSSR count). The molecular formula is C27H26N4O5. The quantitative estimate of drug-likeness (QED) is 0.239. The summed E-state index contributed by atoms with van der Waals surface area (Å²) >= 11 is 0. The fraction of sp³-hybridized carbons (Fsp3) is 0.148. The summed E-state index contributed by atoms with van der Waals surface area (Å²) in [6.45, 7) is 3.11. The van der Waals surface area contributed by atoms with Crippen LogP contribution in [0.15, 0.2) is 73.1 Å². The van der Waals surface area contributed by atoms with E-state index in [4.69, 9.17) is 14.6 Å². The molecule has 0 saturated heterocycles. The molecule has 2 heterocycles. The Kier molecular flexibility index (Phi) is 7.62. The van der Waals surface area contributed by atoms with E-state index in [9.17, 15) is 9.59 Å². The molecule has 0 atom stereocenters. The van der Waals surface area contributed by atoms with Gasteiger partial charge in [0.25, 0.3) is 5.91 Å². The van der Waals surface area contributed by atoms with E-state index in [0.29, 0.717) is 41.8 Å². The fourth-order valence-electron chi connectivity index (χ4n) is 3.48. The van der Waals surface area contributed by atoms with E-state index >= 15 is 0 Å². The summed E-state index contributed by atoms with van der Waals surface area (Å²) in [6.07, 6.45) is 3.12. The molecule has 0 unspecified atom stereocenters. The van der Waals surface area contributed by atoms with Gasteiger partial charge in [0.05, 0.1) is 5.69 Å². The van der Waals surface area contributed by atoms with Gasteiger partial charge in [-0.3, -0.25) is 4.79 Å². The highest BCUT2D eigenvalue weighted by atomic mass is 16.5. The van der Waals surface area contributed by atoms with Crippen molar-refractivity contribution < 1.29 is 24.2 Å². The molecule has 4 aromatic rings. The number of H-pyrrole nitrogens is 1. The van der Waals surface area contributed by atoms with Crippen molar-refractivity contribution >= 4 is 17.6 Å². The lowest BCUT2D eigenvalue weighted by Crippen LogP contribution is -2.17. The van der Waals surface area contributed by atoms with Crippen molar-refractivity contribution in [1.29, 1.82) is 0 Å². The van der Waals surface area contributed by atoms with E-state index in [0.717, 1.165) is 16.7 Å². The van der Waals surface area contributed by atoms with Gasteiger partial charge in [0.15, 0.2) is 5.69 Å². The average molecular weight is 487 g/mol.